The number of hydrogen-bond acceptors (Lipinski definition) is 5. The fraction of sp³-hybridized carbons (Fsp3) is 0.522. The molecule has 0 aromatic heterocycles. The van der Waals surface area contributed by atoms with Gasteiger partial charge in [-0.2, -0.15) is 0 Å². The van der Waals surface area contributed by atoms with Gasteiger partial charge < -0.3 is 19.7 Å². The largest absolute Gasteiger partial charge is 0.504 e. The third kappa shape index (κ3) is 5.61. The van der Waals surface area contributed by atoms with E-state index in [0.29, 0.717) is 12.0 Å². The number of phenols is 1. The van der Waals surface area contributed by atoms with Crippen LogP contribution in [-0.2, 0) is 4.74 Å². The monoisotopic (exact) mass is 388 g/mol. The lowest BCUT2D eigenvalue weighted by atomic mass is 9.80. The fourth-order valence-electron chi connectivity index (χ4n) is 3.29. The standard InChI is InChI=1S/C23H32O5/c1-15-7-6-12-23(3,4)21(25)13-16(2)19(11-8-15)28-22(26)17-9-10-18(24)20(14-17)27-5/h8-10,13-14,19,21,24-25H,6-7,11-12H2,1-5H3/b15-8+,16-13+. The fourth-order valence-corrected chi connectivity index (χ4v) is 3.29. The van der Waals surface area contributed by atoms with Crippen LogP contribution in [0.3, 0.4) is 0 Å². The van der Waals surface area contributed by atoms with Gasteiger partial charge in [-0.25, -0.2) is 4.79 Å². The molecule has 1 aromatic rings. The normalized spacial score (nSPS) is 26.8. The highest BCUT2D eigenvalue weighted by Crippen LogP contribution is 2.32. The maximum Gasteiger partial charge on any atom is 0.338 e. The number of esters is 1. The van der Waals surface area contributed by atoms with Crippen molar-refractivity contribution in [2.45, 2.75) is 65.6 Å². The lowest BCUT2D eigenvalue weighted by molar-refractivity contribution is 0.0367. The van der Waals surface area contributed by atoms with Gasteiger partial charge in [-0.05, 0) is 62.3 Å². The summed E-state index contributed by atoms with van der Waals surface area (Å²) >= 11 is 0. The number of allylic oxidation sites excluding steroid dienone is 1. The minimum atomic E-state index is -0.610. The average Bonchev–Trinajstić information content (AvgIpc) is 2.65. The number of carbonyl (C=O) groups excluding carboxylic acids is 1. The van der Waals surface area contributed by atoms with Crippen LogP contribution in [0.15, 0.2) is 41.5 Å². The number of ether oxygens (including phenoxy) is 2. The Morgan fingerprint density at radius 1 is 1.25 bits per heavy atom. The van der Waals surface area contributed by atoms with Crippen molar-refractivity contribution in [1.82, 2.24) is 0 Å². The lowest BCUT2D eigenvalue weighted by Crippen LogP contribution is -2.29. The van der Waals surface area contributed by atoms with E-state index in [4.69, 9.17) is 9.47 Å². The molecule has 1 aliphatic rings. The van der Waals surface area contributed by atoms with Crippen molar-refractivity contribution in [3.63, 3.8) is 0 Å². The Morgan fingerprint density at radius 3 is 2.64 bits per heavy atom. The van der Waals surface area contributed by atoms with E-state index in [1.54, 1.807) is 0 Å². The first-order valence-electron chi connectivity index (χ1n) is 9.74. The Bertz CT molecular complexity index is 760. The third-order valence-corrected chi connectivity index (χ3v) is 5.47. The van der Waals surface area contributed by atoms with Crippen LogP contribution >= 0.6 is 0 Å². The Balaban J connectivity index is 2.28. The second-order valence-corrected chi connectivity index (χ2v) is 8.26. The molecule has 0 heterocycles. The highest BCUT2D eigenvalue weighted by molar-refractivity contribution is 5.90. The van der Waals surface area contributed by atoms with Crippen molar-refractivity contribution in [2.24, 2.45) is 5.41 Å². The minimum absolute atomic E-state index is 0.0334. The third-order valence-electron chi connectivity index (χ3n) is 5.47. The zero-order valence-corrected chi connectivity index (χ0v) is 17.5. The summed E-state index contributed by atoms with van der Waals surface area (Å²) in [7, 11) is 1.43. The number of phenolic OH excluding ortho intramolecular Hbond substituents is 1. The molecule has 0 saturated carbocycles. The highest BCUT2D eigenvalue weighted by atomic mass is 16.5. The van der Waals surface area contributed by atoms with E-state index in [1.807, 2.05) is 13.0 Å². The first kappa shape index (κ1) is 22.0. The van der Waals surface area contributed by atoms with Gasteiger partial charge >= 0.3 is 5.97 Å². The molecule has 154 valence electrons. The van der Waals surface area contributed by atoms with E-state index in [2.05, 4.69) is 26.8 Å². The summed E-state index contributed by atoms with van der Waals surface area (Å²) < 4.78 is 10.8. The van der Waals surface area contributed by atoms with Gasteiger partial charge in [0, 0.05) is 6.42 Å². The number of aliphatic hydroxyl groups is 1. The van der Waals surface area contributed by atoms with E-state index >= 15 is 0 Å². The quantitative estimate of drug-likeness (QED) is 0.576. The van der Waals surface area contributed by atoms with Gasteiger partial charge in [0.25, 0.3) is 0 Å². The molecule has 2 rings (SSSR count). The highest BCUT2D eigenvalue weighted by Gasteiger charge is 2.28. The van der Waals surface area contributed by atoms with Crippen LogP contribution in [0.2, 0.25) is 0 Å². The van der Waals surface area contributed by atoms with Crippen LogP contribution in [0.5, 0.6) is 11.5 Å². The summed E-state index contributed by atoms with van der Waals surface area (Å²) in [6, 6.07) is 4.37. The Labute approximate surface area is 167 Å². The maximum absolute atomic E-state index is 12.7. The van der Waals surface area contributed by atoms with E-state index in [-0.39, 0.29) is 16.9 Å². The van der Waals surface area contributed by atoms with E-state index < -0.39 is 18.2 Å². The van der Waals surface area contributed by atoms with Gasteiger partial charge in [0.2, 0.25) is 0 Å². The SMILES string of the molecule is COc1cc(C(=O)OC2C/C=C(\C)CCCC(C)(C)C(O)/C=C/2C)ccc1O. The average molecular weight is 389 g/mol. The lowest BCUT2D eigenvalue weighted by Gasteiger charge is -2.29. The molecular weight excluding hydrogens is 356 g/mol. The molecular formula is C23H32O5. The van der Waals surface area contributed by atoms with Crippen molar-refractivity contribution >= 4 is 5.97 Å². The number of benzene rings is 1. The van der Waals surface area contributed by atoms with Gasteiger partial charge in [-0.3, -0.25) is 0 Å². The summed E-state index contributed by atoms with van der Waals surface area (Å²) in [4.78, 5) is 12.7. The number of hydrogen-bond donors (Lipinski definition) is 2. The van der Waals surface area contributed by atoms with Crippen molar-refractivity contribution < 1.29 is 24.5 Å². The summed E-state index contributed by atoms with van der Waals surface area (Å²) in [6.45, 7) is 8.09. The molecule has 1 aliphatic carbocycles. The maximum atomic E-state index is 12.7. The molecule has 2 atom stereocenters. The van der Waals surface area contributed by atoms with Crippen molar-refractivity contribution in [1.29, 1.82) is 0 Å². The van der Waals surface area contributed by atoms with Gasteiger partial charge in [0.05, 0.1) is 18.8 Å². The number of rotatable bonds is 3. The molecule has 0 bridgehead atoms. The number of aliphatic hydroxyl groups excluding tert-OH is 1. The van der Waals surface area contributed by atoms with E-state index in [1.165, 1.54) is 30.9 Å². The summed E-state index contributed by atoms with van der Waals surface area (Å²) in [5.41, 5.74) is 2.14. The molecule has 5 nitrogen and oxygen atoms in total. The summed E-state index contributed by atoms with van der Waals surface area (Å²) in [5.74, 6) is -0.309. The van der Waals surface area contributed by atoms with Crippen molar-refractivity contribution in [2.75, 3.05) is 7.11 Å². The van der Waals surface area contributed by atoms with Crippen molar-refractivity contribution in [3.8, 4) is 11.5 Å². The number of methoxy groups -OCH3 is 1. The van der Waals surface area contributed by atoms with Gasteiger partial charge in [-0.15, -0.1) is 0 Å². The van der Waals surface area contributed by atoms with Crippen LogP contribution in [0.1, 0.15) is 63.7 Å². The van der Waals surface area contributed by atoms with Crippen LogP contribution in [0.25, 0.3) is 0 Å². The molecule has 28 heavy (non-hydrogen) atoms. The van der Waals surface area contributed by atoms with Crippen LogP contribution in [0, 0.1) is 5.41 Å². The molecule has 0 spiro atoms. The Morgan fingerprint density at radius 2 is 1.96 bits per heavy atom. The van der Waals surface area contributed by atoms with E-state index in [9.17, 15) is 15.0 Å². The molecule has 2 unspecified atom stereocenters. The second kappa shape index (κ2) is 9.28. The second-order valence-electron chi connectivity index (χ2n) is 8.26. The zero-order chi connectivity index (χ0) is 20.9. The molecule has 0 radical (unpaired) electrons. The summed E-state index contributed by atoms with van der Waals surface area (Å²) in [6.07, 6.45) is 6.29. The molecule has 0 amide bonds. The molecule has 1 aromatic carbocycles. The van der Waals surface area contributed by atoms with Crippen LogP contribution < -0.4 is 4.74 Å². The van der Waals surface area contributed by atoms with Gasteiger partial charge in [0.15, 0.2) is 11.5 Å². The van der Waals surface area contributed by atoms with Gasteiger partial charge in [-0.1, -0.05) is 31.6 Å². The molecule has 0 fully saturated rings. The number of carbonyl (C=O) groups is 1. The predicted molar refractivity (Wildman–Crippen MR) is 110 cm³/mol. The zero-order valence-electron chi connectivity index (χ0n) is 17.5. The topological polar surface area (TPSA) is 76.0 Å². The molecule has 0 saturated heterocycles. The first-order valence-corrected chi connectivity index (χ1v) is 9.74. The number of aromatic hydroxyl groups is 1. The molecule has 0 aliphatic heterocycles. The Kier molecular flexibility index (Phi) is 7.30. The minimum Gasteiger partial charge on any atom is -0.504 e. The first-order chi connectivity index (χ1) is 13.1. The molecule has 5 heteroatoms. The van der Waals surface area contributed by atoms with Crippen LogP contribution in [0.4, 0.5) is 0 Å². The van der Waals surface area contributed by atoms with E-state index in [0.717, 1.165) is 24.8 Å². The Hall–Kier alpha value is -2.27. The van der Waals surface area contributed by atoms with Crippen LogP contribution in [-0.4, -0.2) is 35.5 Å². The van der Waals surface area contributed by atoms with Gasteiger partial charge in [0.1, 0.15) is 6.10 Å². The summed E-state index contributed by atoms with van der Waals surface area (Å²) in [5, 5.41) is 20.4. The van der Waals surface area contributed by atoms with Crippen molar-refractivity contribution in [3.05, 3.63) is 47.1 Å². The molecule has 2 N–H and O–H groups in total. The smallest absolute Gasteiger partial charge is 0.338 e. The predicted octanol–water partition coefficient (Wildman–Crippen LogP) is 4.78.